The van der Waals surface area contributed by atoms with Crippen LogP contribution in [-0.2, 0) is 23.9 Å². The van der Waals surface area contributed by atoms with Gasteiger partial charge in [0.2, 0.25) is 0 Å². The number of hydrogen-bond donors (Lipinski definition) is 2. The minimum atomic E-state index is -1.58. The average molecular weight is 404 g/mol. The Morgan fingerprint density at radius 1 is 1.10 bits per heavy atom. The van der Waals surface area contributed by atoms with Crippen molar-refractivity contribution >= 4 is 23.3 Å². The summed E-state index contributed by atoms with van der Waals surface area (Å²) in [6.45, 7) is 10.6. The highest BCUT2D eigenvalue weighted by molar-refractivity contribution is 6.12. The number of hydrogen-bond acceptors (Lipinski definition) is 7. The van der Waals surface area contributed by atoms with E-state index in [0.717, 1.165) is 0 Å². The molecule has 4 rings (SSSR count). The van der Waals surface area contributed by atoms with E-state index in [4.69, 9.17) is 4.74 Å². The summed E-state index contributed by atoms with van der Waals surface area (Å²) in [5.74, 6) is -3.74. The first-order valence-electron chi connectivity index (χ1n) is 10.1. The van der Waals surface area contributed by atoms with Crippen LogP contribution >= 0.6 is 0 Å². The molecule has 8 atom stereocenters. The van der Waals surface area contributed by atoms with Gasteiger partial charge in [-0.3, -0.25) is 19.2 Å². The number of ether oxygens (including phenoxy) is 1. The van der Waals surface area contributed by atoms with E-state index in [1.807, 2.05) is 13.8 Å². The van der Waals surface area contributed by atoms with Crippen molar-refractivity contribution in [3.63, 3.8) is 0 Å². The normalized spacial score (nSPS) is 48.2. The molecule has 2 N–H and O–H groups in total. The summed E-state index contributed by atoms with van der Waals surface area (Å²) in [7, 11) is 0. The third-order valence-electron chi connectivity index (χ3n) is 8.66. The van der Waals surface area contributed by atoms with Gasteiger partial charge in [-0.25, -0.2) is 0 Å². The van der Waals surface area contributed by atoms with Crippen molar-refractivity contribution in [3.05, 3.63) is 12.2 Å². The van der Waals surface area contributed by atoms with Crippen LogP contribution in [0.3, 0.4) is 0 Å². The summed E-state index contributed by atoms with van der Waals surface area (Å²) >= 11 is 0. The van der Waals surface area contributed by atoms with Crippen molar-refractivity contribution in [2.24, 2.45) is 34.0 Å². The van der Waals surface area contributed by atoms with E-state index in [2.05, 4.69) is 6.58 Å². The quantitative estimate of drug-likeness (QED) is 0.494. The van der Waals surface area contributed by atoms with Crippen LogP contribution in [0.2, 0.25) is 0 Å². The van der Waals surface area contributed by atoms with Gasteiger partial charge in [0, 0.05) is 36.2 Å². The van der Waals surface area contributed by atoms with Gasteiger partial charge in [-0.1, -0.05) is 27.4 Å². The number of carbonyl (C=O) groups excluding carboxylic acids is 4. The van der Waals surface area contributed by atoms with Crippen molar-refractivity contribution in [1.29, 1.82) is 0 Å². The number of carbonyl (C=O) groups is 4. The number of Topliss-reactive ketones (excluding diaryl/α,β-unsaturated/α-hetero) is 3. The summed E-state index contributed by atoms with van der Waals surface area (Å²) in [6.07, 6.45) is -3.23. The summed E-state index contributed by atoms with van der Waals surface area (Å²) in [6, 6.07) is 0. The minimum Gasteiger partial charge on any atom is -0.462 e. The maximum absolute atomic E-state index is 13.5. The number of esters is 1. The third-order valence-corrected chi connectivity index (χ3v) is 8.66. The molecular formula is C22H28O7. The Balaban J connectivity index is 1.88. The Bertz CT molecular complexity index is 857. The molecule has 0 aromatic carbocycles. The highest BCUT2D eigenvalue weighted by atomic mass is 16.5. The summed E-state index contributed by atoms with van der Waals surface area (Å²) < 4.78 is 5.44. The molecular weight excluding hydrogens is 376 g/mol. The molecule has 0 radical (unpaired) electrons. The second kappa shape index (κ2) is 5.85. The second-order valence-corrected chi connectivity index (χ2v) is 10.1. The Kier molecular flexibility index (Phi) is 4.12. The average Bonchev–Trinajstić information content (AvgIpc) is 2.74. The van der Waals surface area contributed by atoms with Gasteiger partial charge < -0.3 is 14.9 Å². The van der Waals surface area contributed by atoms with Crippen LogP contribution in [0.4, 0.5) is 0 Å². The van der Waals surface area contributed by atoms with Crippen LogP contribution in [-0.4, -0.2) is 51.8 Å². The minimum absolute atomic E-state index is 0.0227. The van der Waals surface area contributed by atoms with Crippen LogP contribution in [0.5, 0.6) is 0 Å². The molecule has 4 aliphatic carbocycles. The lowest BCUT2D eigenvalue weighted by Gasteiger charge is -2.64. The predicted octanol–water partition coefficient (Wildman–Crippen LogP) is 0.996. The van der Waals surface area contributed by atoms with E-state index in [9.17, 15) is 29.4 Å². The van der Waals surface area contributed by atoms with Crippen molar-refractivity contribution in [3.8, 4) is 0 Å². The number of fused-ring (bicyclic) bond motifs is 3. The molecule has 4 saturated carbocycles. The molecule has 1 spiro atoms. The molecule has 7 heteroatoms. The molecule has 0 aromatic rings. The first kappa shape index (κ1) is 20.4. The van der Waals surface area contributed by atoms with Gasteiger partial charge in [-0.2, -0.15) is 0 Å². The molecule has 4 aliphatic rings. The SMILES string of the molecule is C=C1C(=O)[C@@]23[C@H](O)C[C@@H]4C(C)(C)[C@@H](OC(C)=O)CC(=O)[C@@]4(C)[C@@H]2CC(=O)[C@@H]1[C@H]3O. The zero-order chi connectivity index (χ0) is 21.7. The van der Waals surface area contributed by atoms with Crippen LogP contribution in [0.1, 0.15) is 47.0 Å². The van der Waals surface area contributed by atoms with Gasteiger partial charge in [0.1, 0.15) is 17.7 Å². The Morgan fingerprint density at radius 3 is 2.31 bits per heavy atom. The molecule has 158 valence electrons. The Morgan fingerprint density at radius 2 is 1.72 bits per heavy atom. The highest BCUT2D eigenvalue weighted by Crippen LogP contribution is 2.69. The summed E-state index contributed by atoms with van der Waals surface area (Å²) in [5, 5.41) is 22.2. The Hall–Kier alpha value is -1.86. The van der Waals surface area contributed by atoms with Gasteiger partial charge >= 0.3 is 5.97 Å². The van der Waals surface area contributed by atoms with Crippen LogP contribution in [0.15, 0.2) is 12.2 Å². The standard InChI is InChI=1S/C22H28O7/c1-9-17-11(24)6-13-21(5)12(7-15(26)22(13,18(9)27)19(17)28)20(3,4)16(8-14(21)25)29-10(2)23/h12-13,15-17,19,26,28H,1,6-8H2,2-5H3/t12-,13+,15-,16+,17-,19-,21-,22+/m1/s1. The predicted molar refractivity (Wildman–Crippen MR) is 100 cm³/mol. The summed E-state index contributed by atoms with van der Waals surface area (Å²) in [4.78, 5) is 51.1. The van der Waals surface area contributed by atoms with Crippen molar-refractivity contribution < 1.29 is 34.1 Å². The monoisotopic (exact) mass is 404 g/mol. The van der Waals surface area contributed by atoms with E-state index >= 15 is 0 Å². The van der Waals surface area contributed by atoms with Gasteiger partial charge in [-0.15, -0.1) is 0 Å². The van der Waals surface area contributed by atoms with Crippen molar-refractivity contribution in [2.45, 2.75) is 65.3 Å². The smallest absolute Gasteiger partial charge is 0.302 e. The zero-order valence-electron chi connectivity index (χ0n) is 17.2. The van der Waals surface area contributed by atoms with Crippen molar-refractivity contribution in [1.82, 2.24) is 0 Å². The molecule has 4 fully saturated rings. The van der Waals surface area contributed by atoms with Crippen molar-refractivity contribution in [2.75, 3.05) is 0 Å². The van der Waals surface area contributed by atoms with E-state index in [1.54, 1.807) is 6.92 Å². The van der Waals surface area contributed by atoms with Gasteiger partial charge in [-0.05, 0) is 18.3 Å². The van der Waals surface area contributed by atoms with E-state index in [1.165, 1.54) is 6.92 Å². The van der Waals surface area contributed by atoms with Crippen LogP contribution in [0.25, 0.3) is 0 Å². The number of aliphatic hydroxyl groups is 2. The van der Waals surface area contributed by atoms with Crippen LogP contribution < -0.4 is 0 Å². The lowest BCUT2D eigenvalue weighted by atomic mass is 9.39. The van der Waals surface area contributed by atoms with Crippen LogP contribution in [0, 0.1) is 34.0 Å². The first-order chi connectivity index (χ1) is 13.3. The largest absolute Gasteiger partial charge is 0.462 e. The fraction of sp³-hybridized carbons (Fsp3) is 0.727. The van der Waals surface area contributed by atoms with E-state index in [0.29, 0.717) is 0 Å². The molecule has 0 saturated heterocycles. The lowest BCUT2D eigenvalue weighted by Crippen LogP contribution is -2.71. The van der Waals surface area contributed by atoms with Gasteiger partial charge in [0.25, 0.3) is 0 Å². The van der Waals surface area contributed by atoms with E-state index in [-0.39, 0.29) is 36.4 Å². The molecule has 7 nitrogen and oxygen atoms in total. The molecule has 0 amide bonds. The van der Waals surface area contributed by atoms with Gasteiger partial charge in [0.15, 0.2) is 5.78 Å². The molecule has 29 heavy (non-hydrogen) atoms. The summed E-state index contributed by atoms with van der Waals surface area (Å²) in [5.41, 5.74) is -3.32. The highest BCUT2D eigenvalue weighted by Gasteiger charge is 2.77. The van der Waals surface area contributed by atoms with Gasteiger partial charge in [0.05, 0.1) is 23.5 Å². The number of rotatable bonds is 1. The fourth-order valence-corrected chi connectivity index (χ4v) is 7.18. The molecule has 0 aliphatic heterocycles. The Labute approximate surface area is 169 Å². The number of ketones is 3. The molecule has 2 bridgehead atoms. The molecule has 0 heterocycles. The molecule has 0 aromatic heterocycles. The topological polar surface area (TPSA) is 118 Å². The molecule has 0 unspecified atom stereocenters. The fourth-order valence-electron chi connectivity index (χ4n) is 7.18. The maximum Gasteiger partial charge on any atom is 0.302 e. The third kappa shape index (κ3) is 2.15. The lowest BCUT2D eigenvalue weighted by molar-refractivity contribution is -0.230. The zero-order valence-corrected chi connectivity index (χ0v) is 17.2. The maximum atomic E-state index is 13.5. The first-order valence-corrected chi connectivity index (χ1v) is 10.1. The number of aliphatic hydroxyl groups excluding tert-OH is 2. The second-order valence-electron chi connectivity index (χ2n) is 10.1. The van der Waals surface area contributed by atoms with E-state index < -0.39 is 64.1 Å².